The molecular weight excluding hydrogens is 390 g/mol. The highest BCUT2D eigenvalue weighted by Gasteiger charge is 2.08. The minimum Gasteiger partial charge on any atom is -0.384 e. The molecule has 0 aliphatic heterocycles. The molecule has 2 aromatic carbocycles. The van der Waals surface area contributed by atoms with Crippen LogP contribution in [0.5, 0.6) is 0 Å². The predicted octanol–water partition coefficient (Wildman–Crippen LogP) is 4.56. The molecule has 29 heavy (non-hydrogen) atoms. The van der Waals surface area contributed by atoms with Gasteiger partial charge >= 0.3 is 0 Å². The first-order valence-corrected chi connectivity index (χ1v) is 9.70. The minimum absolute atomic E-state index is 0.0228. The molecule has 0 fully saturated rings. The Bertz CT molecular complexity index is 1030. The molecule has 1 amide bonds. The number of thiazole rings is 1. The van der Waals surface area contributed by atoms with Gasteiger partial charge in [0.25, 0.3) is 5.69 Å². The van der Waals surface area contributed by atoms with E-state index in [4.69, 9.17) is 4.74 Å². The Morgan fingerprint density at radius 1 is 1.28 bits per heavy atom. The lowest BCUT2D eigenvalue weighted by Crippen LogP contribution is -2.07. The molecule has 1 N–H and O–H groups in total. The number of carbonyl (C=O) groups is 1. The van der Waals surface area contributed by atoms with E-state index in [9.17, 15) is 14.9 Å². The normalized spacial score (nSPS) is 10.9. The van der Waals surface area contributed by atoms with Gasteiger partial charge in [0.05, 0.1) is 17.2 Å². The molecule has 3 aromatic rings. The summed E-state index contributed by atoms with van der Waals surface area (Å²) in [5, 5.41) is 15.9. The first-order chi connectivity index (χ1) is 14.0. The smallest absolute Gasteiger partial charge is 0.270 e. The average molecular weight is 409 g/mol. The number of rotatable bonds is 8. The first-order valence-electron chi connectivity index (χ1n) is 8.82. The average Bonchev–Trinajstić information content (AvgIpc) is 3.19. The second-order valence-electron chi connectivity index (χ2n) is 6.15. The minimum atomic E-state index is -0.474. The summed E-state index contributed by atoms with van der Waals surface area (Å²) < 4.78 is 5.08. The maximum Gasteiger partial charge on any atom is 0.270 e. The van der Waals surface area contributed by atoms with Gasteiger partial charge in [0.1, 0.15) is 0 Å². The molecule has 0 aliphatic carbocycles. The van der Waals surface area contributed by atoms with Crippen LogP contribution in [0.4, 0.5) is 10.8 Å². The Morgan fingerprint density at radius 2 is 2.07 bits per heavy atom. The van der Waals surface area contributed by atoms with Crippen LogP contribution in [0.25, 0.3) is 17.3 Å². The number of anilines is 1. The van der Waals surface area contributed by atoms with Crippen molar-refractivity contribution in [3.8, 4) is 11.3 Å². The summed E-state index contributed by atoms with van der Waals surface area (Å²) in [6.45, 7) is 0.677. The summed E-state index contributed by atoms with van der Waals surface area (Å²) >= 11 is 1.33. The summed E-state index contributed by atoms with van der Waals surface area (Å²) in [7, 11) is 1.68. The fourth-order valence-electron chi connectivity index (χ4n) is 2.59. The number of benzene rings is 2. The first kappa shape index (κ1) is 20.4. The van der Waals surface area contributed by atoms with Crippen LogP contribution in [0, 0.1) is 10.1 Å². The lowest BCUT2D eigenvalue weighted by molar-refractivity contribution is -0.384. The molecule has 0 unspecified atom stereocenters. The van der Waals surface area contributed by atoms with Gasteiger partial charge in [-0.1, -0.05) is 36.4 Å². The number of nitrogens with zero attached hydrogens (tertiary/aromatic N) is 2. The van der Waals surface area contributed by atoms with Crippen molar-refractivity contribution in [3.63, 3.8) is 0 Å². The number of non-ortho nitro benzene ring substituents is 1. The topological polar surface area (TPSA) is 94.4 Å². The molecule has 0 aliphatic rings. The molecule has 0 bridgehead atoms. The number of hydrogen-bond donors (Lipinski definition) is 1. The lowest BCUT2D eigenvalue weighted by Gasteiger charge is -2.02. The van der Waals surface area contributed by atoms with E-state index in [2.05, 4.69) is 10.3 Å². The number of aromatic nitrogens is 1. The van der Waals surface area contributed by atoms with Crippen LogP contribution >= 0.6 is 11.3 Å². The van der Waals surface area contributed by atoms with Gasteiger partial charge in [0.15, 0.2) is 5.13 Å². The summed E-state index contributed by atoms with van der Waals surface area (Å²) in [6.07, 6.45) is 3.70. The third-order valence-corrected chi connectivity index (χ3v) is 4.84. The Labute approximate surface area is 171 Å². The maximum atomic E-state index is 12.1. The number of nitro benzene ring substituents is 1. The number of nitrogens with one attached hydrogen (secondary N) is 1. The molecule has 0 saturated carbocycles. The molecule has 0 saturated heterocycles. The van der Waals surface area contributed by atoms with E-state index in [1.807, 2.05) is 29.6 Å². The van der Waals surface area contributed by atoms with Crippen LogP contribution in [0.3, 0.4) is 0 Å². The summed E-state index contributed by atoms with van der Waals surface area (Å²) in [6, 6.07) is 14.1. The third-order valence-electron chi connectivity index (χ3n) is 4.09. The van der Waals surface area contributed by atoms with Gasteiger partial charge in [-0.15, -0.1) is 11.3 Å². The fourth-order valence-corrected chi connectivity index (χ4v) is 3.31. The van der Waals surface area contributed by atoms with E-state index in [0.29, 0.717) is 17.3 Å². The van der Waals surface area contributed by atoms with Crippen molar-refractivity contribution >= 4 is 34.1 Å². The van der Waals surface area contributed by atoms with Crippen LogP contribution < -0.4 is 5.32 Å². The van der Waals surface area contributed by atoms with Gasteiger partial charge < -0.3 is 4.74 Å². The molecule has 1 heterocycles. The molecule has 0 radical (unpaired) electrons. The highest BCUT2D eigenvalue weighted by molar-refractivity contribution is 7.14. The molecule has 1 aromatic heterocycles. The highest BCUT2D eigenvalue weighted by Crippen LogP contribution is 2.25. The quantitative estimate of drug-likeness (QED) is 0.334. The largest absolute Gasteiger partial charge is 0.384 e. The van der Waals surface area contributed by atoms with Crippen molar-refractivity contribution in [2.75, 3.05) is 19.0 Å². The zero-order valence-electron chi connectivity index (χ0n) is 15.7. The van der Waals surface area contributed by atoms with E-state index in [1.54, 1.807) is 19.2 Å². The molecule has 0 spiro atoms. The molecule has 3 rings (SSSR count). The third kappa shape index (κ3) is 5.81. The number of carbonyl (C=O) groups excluding carboxylic acids is 1. The number of nitro groups is 1. The van der Waals surface area contributed by atoms with Crippen LogP contribution in [0.15, 0.2) is 60.0 Å². The lowest BCUT2D eigenvalue weighted by atomic mass is 10.1. The van der Waals surface area contributed by atoms with Crippen molar-refractivity contribution in [1.82, 2.24) is 4.98 Å². The number of methoxy groups -OCH3 is 1. The second-order valence-corrected chi connectivity index (χ2v) is 7.01. The molecule has 7 nitrogen and oxygen atoms in total. The van der Waals surface area contributed by atoms with Crippen LogP contribution in [0.1, 0.15) is 11.1 Å². The maximum absolute atomic E-state index is 12.1. The highest BCUT2D eigenvalue weighted by atomic mass is 32.1. The molecule has 0 atom stereocenters. The van der Waals surface area contributed by atoms with E-state index in [0.717, 1.165) is 17.7 Å². The zero-order chi connectivity index (χ0) is 20.6. The van der Waals surface area contributed by atoms with Crippen LogP contribution in [-0.2, 0) is 16.0 Å². The molecular formula is C21H19N3O4S. The number of hydrogen-bond acceptors (Lipinski definition) is 6. The SMILES string of the molecule is COCCc1ccc(-c2csc(NC(=O)/C=C/c3cccc([N+](=O)[O-])c3)n2)cc1. The van der Waals surface area contributed by atoms with Crippen LogP contribution in [-0.4, -0.2) is 29.5 Å². The Kier molecular flexibility index (Phi) is 6.83. The van der Waals surface area contributed by atoms with Gasteiger partial charge in [0, 0.05) is 36.3 Å². The van der Waals surface area contributed by atoms with Crippen molar-refractivity contribution in [2.24, 2.45) is 0 Å². The van der Waals surface area contributed by atoms with Gasteiger partial charge in [-0.05, 0) is 23.6 Å². The van der Waals surface area contributed by atoms with Crippen LogP contribution in [0.2, 0.25) is 0 Å². The standard InChI is InChI=1S/C21H19N3O4S/c1-28-12-11-15-5-8-17(9-6-15)19-14-29-21(22-19)23-20(25)10-7-16-3-2-4-18(13-16)24(26)27/h2-10,13-14H,11-12H2,1H3,(H,22,23,25)/b10-7+. The van der Waals surface area contributed by atoms with Crippen molar-refractivity contribution in [1.29, 1.82) is 0 Å². The van der Waals surface area contributed by atoms with Gasteiger partial charge in [-0.2, -0.15) is 0 Å². The van der Waals surface area contributed by atoms with E-state index in [-0.39, 0.29) is 11.6 Å². The van der Waals surface area contributed by atoms with E-state index in [1.165, 1.54) is 41.2 Å². The summed E-state index contributed by atoms with van der Waals surface area (Å²) in [4.78, 5) is 26.9. The number of amides is 1. The fraction of sp³-hybridized carbons (Fsp3) is 0.143. The summed E-state index contributed by atoms with van der Waals surface area (Å²) in [5.41, 5.74) is 3.49. The van der Waals surface area contributed by atoms with Crippen molar-refractivity contribution in [2.45, 2.75) is 6.42 Å². The monoisotopic (exact) mass is 409 g/mol. The van der Waals surface area contributed by atoms with E-state index < -0.39 is 4.92 Å². The second kappa shape index (κ2) is 9.72. The molecule has 148 valence electrons. The van der Waals surface area contributed by atoms with Crippen molar-refractivity contribution in [3.05, 3.63) is 81.2 Å². The zero-order valence-corrected chi connectivity index (χ0v) is 16.5. The number of ether oxygens (including phenoxy) is 1. The Hall–Kier alpha value is -3.36. The van der Waals surface area contributed by atoms with Gasteiger partial charge in [-0.25, -0.2) is 4.98 Å². The van der Waals surface area contributed by atoms with Gasteiger partial charge in [-0.3, -0.25) is 20.2 Å². The van der Waals surface area contributed by atoms with Crippen molar-refractivity contribution < 1.29 is 14.5 Å². The van der Waals surface area contributed by atoms with E-state index >= 15 is 0 Å². The predicted molar refractivity (Wildman–Crippen MR) is 114 cm³/mol. The molecule has 8 heteroatoms. The van der Waals surface area contributed by atoms with Gasteiger partial charge in [0.2, 0.25) is 5.91 Å². The Morgan fingerprint density at radius 3 is 2.79 bits per heavy atom. The Balaban J connectivity index is 1.61. The summed E-state index contributed by atoms with van der Waals surface area (Å²) in [5.74, 6) is -0.354.